The molecular formula is C41H42. The molecule has 206 valence electrons. The van der Waals surface area contributed by atoms with E-state index < -0.39 is 0 Å². The average Bonchev–Trinajstić information content (AvgIpc) is 3.21. The first-order valence-electron chi connectivity index (χ1n) is 14.9. The topological polar surface area (TPSA) is 0 Å². The summed E-state index contributed by atoms with van der Waals surface area (Å²) in [6.07, 6.45) is 0. The standard InChI is InChI=1S/C41H42/c1-27-9-23-35-36-24-10-28(2)26-38(36)41(37(35)25-27,34-21-19-32(20-22-34)40(6,7)8)33-17-13-30(14-18-33)29-11-15-31(16-12-29)39(3,4)5/h9-26H,1-8H3. The second-order valence-electron chi connectivity index (χ2n) is 14.1. The minimum Gasteiger partial charge on any atom is -0.0587 e. The second-order valence-corrected chi connectivity index (χ2v) is 14.1. The Morgan fingerprint density at radius 2 is 0.756 bits per heavy atom. The molecular weight excluding hydrogens is 492 g/mol. The number of hydrogen-bond donors (Lipinski definition) is 0. The van der Waals surface area contributed by atoms with Gasteiger partial charge in [-0.05, 0) is 80.3 Å². The molecule has 5 aromatic rings. The summed E-state index contributed by atoms with van der Waals surface area (Å²) in [5.74, 6) is 0. The highest BCUT2D eigenvalue weighted by molar-refractivity contribution is 5.87. The number of fused-ring (bicyclic) bond motifs is 3. The molecule has 0 heterocycles. The molecule has 0 unspecified atom stereocenters. The first-order valence-corrected chi connectivity index (χ1v) is 14.9. The highest BCUT2D eigenvalue weighted by atomic mass is 14.5. The van der Waals surface area contributed by atoms with Gasteiger partial charge >= 0.3 is 0 Å². The normalized spacial score (nSPS) is 14.0. The Labute approximate surface area is 247 Å². The van der Waals surface area contributed by atoms with Gasteiger partial charge in [-0.2, -0.15) is 0 Å². The van der Waals surface area contributed by atoms with Crippen LogP contribution in [0.15, 0.2) is 109 Å². The van der Waals surface area contributed by atoms with E-state index in [1.165, 1.54) is 66.8 Å². The van der Waals surface area contributed by atoms with Crippen LogP contribution in [0.4, 0.5) is 0 Å². The Balaban J connectivity index is 1.58. The number of aryl methyl sites for hydroxylation is 2. The molecule has 0 aliphatic heterocycles. The van der Waals surface area contributed by atoms with Crippen molar-refractivity contribution in [2.45, 2.75) is 71.6 Å². The van der Waals surface area contributed by atoms with Gasteiger partial charge in [-0.15, -0.1) is 0 Å². The summed E-state index contributed by atoms with van der Waals surface area (Å²) in [5.41, 5.74) is 15.8. The van der Waals surface area contributed by atoms with Crippen LogP contribution in [0, 0.1) is 13.8 Å². The van der Waals surface area contributed by atoms with Crippen LogP contribution in [0.25, 0.3) is 22.3 Å². The summed E-state index contributed by atoms with van der Waals surface area (Å²) in [6, 6.07) is 41.9. The first-order chi connectivity index (χ1) is 19.4. The van der Waals surface area contributed by atoms with Gasteiger partial charge in [0.25, 0.3) is 0 Å². The minimum atomic E-state index is -0.381. The molecule has 0 nitrogen and oxygen atoms in total. The SMILES string of the molecule is Cc1ccc2c(c1)C(c1ccc(-c3ccc(C(C)(C)C)cc3)cc1)(c1ccc(C(C)(C)C)cc1)c1cc(C)ccc1-2. The van der Waals surface area contributed by atoms with Crippen molar-refractivity contribution in [3.63, 3.8) is 0 Å². The molecule has 0 aromatic heterocycles. The van der Waals surface area contributed by atoms with Gasteiger partial charge in [0.2, 0.25) is 0 Å². The summed E-state index contributed by atoms with van der Waals surface area (Å²) in [7, 11) is 0. The van der Waals surface area contributed by atoms with Gasteiger partial charge < -0.3 is 0 Å². The quantitative estimate of drug-likeness (QED) is 0.212. The number of benzene rings is 5. The largest absolute Gasteiger partial charge is 0.0713 e. The molecule has 0 bridgehead atoms. The molecule has 0 atom stereocenters. The maximum Gasteiger partial charge on any atom is 0.0713 e. The summed E-state index contributed by atoms with van der Waals surface area (Å²) < 4.78 is 0. The zero-order valence-electron chi connectivity index (χ0n) is 25.9. The van der Waals surface area contributed by atoms with E-state index in [2.05, 4.69) is 165 Å². The molecule has 1 aliphatic carbocycles. The second kappa shape index (κ2) is 9.59. The summed E-state index contributed by atoms with van der Waals surface area (Å²) >= 11 is 0. The van der Waals surface area contributed by atoms with Crippen molar-refractivity contribution in [1.82, 2.24) is 0 Å². The molecule has 6 rings (SSSR count). The van der Waals surface area contributed by atoms with Crippen molar-refractivity contribution in [1.29, 1.82) is 0 Å². The van der Waals surface area contributed by atoms with E-state index in [1.54, 1.807) is 0 Å². The number of hydrogen-bond acceptors (Lipinski definition) is 0. The van der Waals surface area contributed by atoms with E-state index in [0.717, 1.165) is 0 Å². The Morgan fingerprint density at radius 1 is 0.415 bits per heavy atom. The van der Waals surface area contributed by atoms with Crippen LogP contribution >= 0.6 is 0 Å². The fraction of sp³-hybridized carbons (Fsp3) is 0.268. The van der Waals surface area contributed by atoms with Crippen molar-refractivity contribution in [2.75, 3.05) is 0 Å². The first kappa shape index (κ1) is 27.3. The monoisotopic (exact) mass is 534 g/mol. The van der Waals surface area contributed by atoms with Crippen molar-refractivity contribution < 1.29 is 0 Å². The van der Waals surface area contributed by atoms with Gasteiger partial charge in [0, 0.05) is 0 Å². The minimum absolute atomic E-state index is 0.106. The zero-order valence-corrected chi connectivity index (χ0v) is 25.9. The molecule has 5 aromatic carbocycles. The molecule has 0 saturated carbocycles. The highest BCUT2D eigenvalue weighted by Gasteiger charge is 2.46. The van der Waals surface area contributed by atoms with Gasteiger partial charge in [-0.1, -0.05) is 162 Å². The van der Waals surface area contributed by atoms with Crippen LogP contribution in [0.5, 0.6) is 0 Å². The van der Waals surface area contributed by atoms with Crippen molar-refractivity contribution in [3.05, 3.63) is 154 Å². The molecule has 0 heteroatoms. The molecule has 0 saturated heterocycles. The van der Waals surface area contributed by atoms with Crippen LogP contribution in [-0.2, 0) is 16.2 Å². The third kappa shape index (κ3) is 4.55. The third-order valence-corrected chi connectivity index (χ3v) is 9.03. The van der Waals surface area contributed by atoms with Crippen LogP contribution in [0.2, 0.25) is 0 Å². The van der Waals surface area contributed by atoms with Gasteiger partial charge in [0.1, 0.15) is 0 Å². The van der Waals surface area contributed by atoms with Crippen molar-refractivity contribution >= 4 is 0 Å². The Hall–Kier alpha value is -3.90. The smallest absolute Gasteiger partial charge is 0.0587 e. The lowest BCUT2D eigenvalue weighted by Gasteiger charge is -2.35. The molecule has 0 amide bonds. The fourth-order valence-electron chi connectivity index (χ4n) is 6.64. The predicted octanol–water partition coefficient (Wildman–Crippen LogP) is 10.9. The van der Waals surface area contributed by atoms with Crippen molar-refractivity contribution in [3.8, 4) is 22.3 Å². The maximum absolute atomic E-state index is 2.42. The Morgan fingerprint density at radius 3 is 1.15 bits per heavy atom. The van der Waals surface area contributed by atoms with E-state index in [0.29, 0.717) is 0 Å². The predicted molar refractivity (Wildman–Crippen MR) is 176 cm³/mol. The van der Waals surface area contributed by atoms with E-state index in [4.69, 9.17) is 0 Å². The van der Waals surface area contributed by atoms with E-state index in [1.807, 2.05) is 0 Å². The van der Waals surface area contributed by atoms with Gasteiger partial charge in [-0.25, -0.2) is 0 Å². The average molecular weight is 535 g/mol. The maximum atomic E-state index is 2.42. The molecule has 41 heavy (non-hydrogen) atoms. The Bertz CT molecular complexity index is 1660. The lowest BCUT2D eigenvalue weighted by molar-refractivity contribution is 0.589. The number of rotatable bonds is 3. The van der Waals surface area contributed by atoms with E-state index >= 15 is 0 Å². The third-order valence-electron chi connectivity index (χ3n) is 9.03. The summed E-state index contributed by atoms with van der Waals surface area (Å²) in [6.45, 7) is 18.1. The van der Waals surface area contributed by atoms with Crippen LogP contribution in [-0.4, -0.2) is 0 Å². The molecule has 0 spiro atoms. The van der Waals surface area contributed by atoms with E-state index in [9.17, 15) is 0 Å². The molecule has 0 N–H and O–H groups in total. The molecule has 0 fully saturated rings. The molecule has 0 radical (unpaired) electrons. The van der Waals surface area contributed by atoms with Crippen LogP contribution in [0.3, 0.4) is 0 Å². The van der Waals surface area contributed by atoms with Gasteiger partial charge in [0.15, 0.2) is 0 Å². The lowest BCUT2D eigenvalue weighted by atomic mass is 9.67. The summed E-state index contributed by atoms with van der Waals surface area (Å²) in [5, 5.41) is 0. The molecule has 1 aliphatic rings. The van der Waals surface area contributed by atoms with E-state index in [-0.39, 0.29) is 16.2 Å². The van der Waals surface area contributed by atoms with Crippen LogP contribution < -0.4 is 0 Å². The van der Waals surface area contributed by atoms with Crippen LogP contribution in [0.1, 0.15) is 86.1 Å². The van der Waals surface area contributed by atoms with Gasteiger partial charge in [-0.3, -0.25) is 0 Å². The fourth-order valence-corrected chi connectivity index (χ4v) is 6.64. The van der Waals surface area contributed by atoms with Gasteiger partial charge in [0.05, 0.1) is 5.41 Å². The van der Waals surface area contributed by atoms with Crippen molar-refractivity contribution in [2.24, 2.45) is 0 Å². The summed E-state index contributed by atoms with van der Waals surface area (Å²) in [4.78, 5) is 0. The highest BCUT2D eigenvalue weighted by Crippen LogP contribution is 2.56. The zero-order chi connectivity index (χ0) is 29.2. The Kier molecular flexibility index (Phi) is 6.38. The lowest BCUT2D eigenvalue weighted by Crippen LogP contribution is -2.29.